The van der Waals surface area contributed by atoms with E-state index in [4.69, 9.17) is 0 Å². The van der Waals surface area contributed by atoms with E-state index in [1.807, 2.05) is 0 Å². The monoisotopic (exact) mass is 181 g/mol. The molecule has 0 aromatic rings. The Labute approximate surface area is 90.7 Å². The van der Waals surface area contributed by atoms with Gasteiger partial charge in [-0.3, -0.25) is 4.79 Å². The van der Waals surface area contributed by atoms with Gasteiger partial charge in [0.1, 0.15) is 0 Å². The molecule has 0 saturated heterocycles. The molecule has 2 nitrogen and oxygen atoms in total. The third kappa shape index (κ3) is 27.7. The van der Waals surface area contributed by atoms with Crippen molar-refractivity contribution in [2.75, 3.05) is 0 Å². The molecule has 0 aliphatic rings. The molecule has 0 bridgehead atoms. The summed E-state index contributed by atoms with van der Waals surface area (Å²) < 4.78 is 0. The van der Waals surface area contributed by atoms with E-state index in [1.54, 1.807) is 0 Å². The molecule has 0 aromatic carbocycles. The van der Waals surface area contributed by atoms with Crippen LogP contribution in [0.4, 0.5) is 0 Å². The Kier molecular flexibility index (Phi) is 45.1. The SMILES string of the molecule is C=CC(N)=O.[Ca+2].[Cl-].[Cl-]. The van der Waals surface area contributed by atoms with Gasteiger partial charge in [0, 0.05) is 0 Å². The molecule has 0 unspecified atom stereocenters. The summed E-state index contributed by atoms with van der Waals surface area (Å²) >= 11 is 0. The number of primary amides is 1. The van der Waals surface area contributed by atoms with E-state index in [1.165, 1.54) is 0 Å². The fourth-order valence-corrected chi connectivity index (χ4v) is 0. The first-order valence-electron chi connectivity index (χ1n) is 1.19. The maximum atomic E-state index is 9.47. The van der Waals surface area contributed by atoms with Crippen molar-refractivity contribution in [1.29, 1.82) is 0 Å². The number of carbonyl (C=O) groups is 1. The van der Waals surface area contributed by atoms with E-state index in [0.717, 1.165) is 6.08 Å². The summed E-state index contributed by atoms with van der Waals surface area (Å²) in [6, 6.07) is 0. The predicted molar refractivity (Wildman–Crippen MR) is 25.1 cm³/mol. The van der Waals surface area contributed by atoms with Gasteiger partial charge in [-0.1, -0.05) is 6.58 Å². The first-order chi connectivity index (χ1) is 2.27. The van der Waals surface area contributed by atoms with Gasteiger partial charge in [0.05, 0.1) is 0 Å². The second-order valence-electron chi connectivity index (χ2n) is 0.606. The Morgan fingerprint density at radius 2 is 1.62 bits per heavy atom. The Balaban J connectivity index is -0.0000000267. The van der Waals surface area contributed by atoms with Crippen LogP contribution in [0.5, 0.6) is 0 Å². The number of hydrogen-bond acceptors (Lipinski definition) is 1. The average Bonchev–Trinajstić information content (AvgIpc) is 1.38. The topological polar surface area (TPSA) is 43.1 Å². The summed E-state index contributed by atoms with van der Waals surface area (Å²) in [5.41, 5.74) is 4.53. The fourth-order valence-electron chi connectivity index (χ4n) is 0. The minimum absolute atomic E-state index is 0. The zero-order valence-corrected chi connectivity index (χ0v) is 7.95. The van der Waals surface area contributed by atoms with Crippen molar-refractivity contribution in [3.05, 3.63) is 12.7 Å². The van der Waals surface area contributed by atoms with Gasteiger partial charge in [-0.15, -0.1) is 0 Å². The molecule has 0 spiro atoms. The number of hydrogen-bond donors (Lipinski definition) is 1. The molecule has 0 aromatic heterocycles. The summed E-state index contributed by atoms with van der Waals surface area (Å²) in [4.78, 5) is 9.47. The summed E-state index contributed by atoms with van der Waals surface area (Å²) in [5.74, 6) is -0.481. The van der Waals surface area contributed by atoms with Gasteiger partial charge in [-0.2, -0.15) is 0 Å². The smallest absolute Gasteiger partial charge is 1.00 e. The van der Waals surface area contributed by atoms with Gasteiger partial charge >= 0.3 is 37.7 Å². The molecule has 44 valence electrons. The number of nitrogens with two attached hydrogens (primary N) is 1. The van der Waals surface area contributed by atoms with Crippen molar-refractivity contribution < 1.29 is 29.6 Å². The Morgan fingerprint density at radius 3 is 1.62 bits per heavy atom. The zero-order valence-electron chi connectivity index (χ0n) is 4.23. The normalized spacial score (nSPS) is 4.00. The molecule has 0 heterocycles. The third-order valence-corrected chi connectivity index (χ3v) is 0.201. The largest absolute Gasteiger partial charge is 2.00 e. The Bertz CT molecular complexity index is 68.3. The van der Waals surface area contributed by atoms with Crippen LogP contribution in [0.1, 0.15) is 0 Å². The average molecular weight is 182 g/mol. The molecular weight excluding hydrogens is 177 g/mol. The molecule has 0 aliphatic heterocycles. The van der Waals surface area contributed by atoms with Crippen molar-refractivity contribution >= 4 is 43.6 Å². The molecule has 1 amide bonds. The molecule has 0 atom stereocenters. The van der Waals surface area contributed by atoms with Crippen LogP contribution in [-0.4, -0.2) is 43.6 Å². The van der Waals surface area contributed by atoms with E-state index >= 15 is 0 Å². The van der Waals surface area contributed by atoms with Crippen LogP contribution >= 0.6 is 0 Å². The van der Waals surface area contributed by atoms with Crippen molar-refractivity contribution in [2.24, 2.45) is 5.73 Å². The first-order valence-corrected chi connectivity index (χ1v) is 1.19. The van der Waals surface area contributed by atoms with Crippen molar-refractivity contribution in [3.8, 4) is 0 Å². The second-order valence-corrected chi connectivity index (χ2v) is 0.606. The van der Waals surface area contributed by atoms with Crippen LogP contribution in [0.15, 0.2) is 12.7 Å². The van der Waals surface area contributed by atoms with Gasteiger partial charge in [0.25, 0.3) is 0 Å². The molecule has 2 N–H and O–H groups in total. The van der Waals surface area contributed by atoms with E-state index in [9.17, 15) is 4.79 Å². The van der Waals surface area contributed by atoms with Gasteiger partial charge in [0.2, 0.25) is 5.91 Å². The first kappa shape index (κ1) is 23.0. The predicted octanol–water partition coefficient (Wildman–Crippen LogP) is -6.72. The molecule has 0 saturated carbocycles. The number of rotatable bonds is 1. The minimum Gasteiger partial charge on any atom is -1.00 e. The third-order valence-electron chi connectivity index (χ3n) is 0.201. The van der Waals surface area contributed by atoms with E-state index in [0.29, 0.717) is 0 Å². The van der Waals surface area contributed by atoms with E-state index in [-0.39, 0.29) is 62.6 Å². The maximum absolute atomic E-state index is 9.47. The summed E-state index contributed by atoms with van der Waals surface area (Å²) in [6.07, 6.45) is 1.06. The molecule has 0 radical (unpaired) electrons. The van der Waals surface area contributed by atoms with Crippen LogP contribution in [0.25, 0.3) is 0 Å². The number of carbonyl (C=O) groups excluding carboxylic acids is 1. The van der Waals surface area contributed by atoms with Crippen LogP contribution < -0.4 is 30.5 Å². The number of amides is 1. The Hall–Kier alpha value is 1.05. The molecule has 5 heteroatoms. The van der Waals surface area contributed by atoms with Crippen LogP contribution in [-0.2, 0) is 4.79 Å². The van der Waals surface area contributed by atoms with Gasteiger partial charge in [-0.25, -0.2) is 0 Å². The van der Waals surface area contributed by atoms with Crippen molar-refractivity contribution in [2.45, 2.75) is 0 Å². The van der Waals surface area contributed by atoms with Crippen LogP contribution in [0, 0.1) is 0 Å². The summed E-state index contributed by atoms with van der Waals surface area (Å²) in [5, 5.41) is 0. The quantitative estimate of drug-likeness (QED) is 0.318. The van der Waals surface area contributed by atoms with Crippen LogP contribution in [0.3, 0.4) is 0 Å². The summed E-state index contributed by atoms with van der Waals surface area (Å²) in [7, 11) is 0. The molecule has 0 aliphatic carbocycles. The van der Waals surface area contributed by atoms with Crippen molar-refractivity contribution in [3.63, 3.8) is 0 Å². The van der Waals surface area contributed by atoms with Gasteiger partial charge in [0.15, 0.2) is 0 Å². The van der Waals surface area contributed by atoms with E-state index < -0.39 is 5.91 Å². The van der Waals surface area contributed by atoms with E-state index in [2.05, 4.69) is 12.3 Å². The van der Waals surface area contributed by atoms with Crippen LogP contribution in [0.2, 0.25) is 0 Å². The zero-order chi connectivity index (χ0) is 4.28. The summed E-state index contributed by atoms with van der Waals surface area (Å²) in [6.45, 7) is 3.09. The standard InChI is InChI=1S/C3H5NO.Ca.2ClH/c1-2-3(4)5;;;/h2H,1H2,(H2,4,5);;2*1H/q;+2;;/p-2. The van der Waals surface area contributed by atoms with Crippen molar-refractivity contribution in [1.82, 2.24) is 0 Å². The molecular formula is C3H5CaCl2NO. The maximum Gasteiger partial charge on any atom is 2.00 e. The second kappa shape index (κ2) is 15.7. The molecule has 8 heavy (non-hydrogen) atoms. The fraction of sp³-hybridized carbons (Fsp3) is 0. The molecule has 0 rings (SSSR count). The number of halogens is 2. The van der Waals surface area contributed by atoms with Gasteiger partial charge < -0.3 is 30.5 Å². The molecule has 0 fully saturated rings. The van der Waals surface area contributed by atoms with Gasteiger partial charge in [-0.05, 0) is 6.08 Å². The minimum atomic E-state index is -0.481. The Morgan fingerprint density at radius 1 is 1.50 bits per heavy atom.